The molecule has 0 radical (unpaired) electrons. The summed E-state index contributed by atoms with van der Waals surface area (Å²) in [6.07, 6.45) is 1.46. The minimum atomic E-state index is -0.179. The Kier molecular flexibility index (Phi) is 5.60. The van der Waals surface area contributed by atoms with Gasteiger partial charge in [0.25, 0.3) is 0 Å². The van der Waals surface area contributed by atoms with E-state index in [-0.39, 0.29) is 5.60 Å². The van der Waals surface area contributed by atoms with Gasteiger partial charge in [-0.05, 0) is 38.0 Å². The molecule has 4 heteroatoms. The Balaban J connectivity index is 1.83. The summed E-state index contributed by atoms with van der Waals surface area (Å²) in [5.41, 5.74) is 0.852. The van der Waals surface area contributed by atoms with Crippen molar-refractivity contribution in [3.05, 3.63) is 29.8 Å². The fraction of sp³-hybridized carbons (Fsp3) is 0.588. The summed E-state index contributed by atoms with van der Waals surface area (Å²) in [4.78, 5) is 2.48. The second kappa shape index (κ2) is 7.44. The summed E-state index contributed by atoms with van der Waals surface area (Å²) < 4.78 is 6.10. The second-order valence-electron chi connectivity index (χ2n) is 6.18. The van der Waals surface area contributed by atoms with Crippen LogP contribution in [0.1, 0.15) is 25.8 Å². The van der Waals surface area contributed by atoms with Crippen LogP contribution < -0.4 is 10.1 Å². The number of hydrogen-bond acceptors (Lipinski definition) is 4. The monoisotopic (exact) mass is 287 g/mol. The molecule has 0 atom stereocenters. The van der Waals surface area contributed by atoms with Gasteiger partial charge in [0, 0.05) is 32.7 Å². The highest BCUT2D eigenvalue weighted by atomic mass is 16.5. The van der Waals surface area contributed by atoms with E-state index in [1.54, 1.807) is 0 Å². The van der Waals surface area contributed by atoms with Gasteiger partial charge in [0.15, 0.2) is 0 Å². The van der Waals surface area contributed by atoms with Crippen molar-refractivity contribution in [1.29, 1.82) is 5.26 Å². The molecule has 1 saturated heterocycles. The molecule has 1 heterocycles. The van der Waals surface area contributed by atoms with Crippen LogP contribution in [0.3, 0.4) is 0 Å². The average molecular weight is 287 g/mol. The van der Waals surface area contributed by atoms with Crippen molar-refractivity contribution in [1.82, 2.24) is 10.2 Å². The molecule has 1 aliphatic rings. The number of hydrogen-bond donors (Lipinski definition) is 1. The largest absolute Gasteiger partial charge is 0.488 e. The predicted molar refractivity (Wildman–Crippen MR) is 84.4 cm³/mol. The van der Waals surface area contributed by atoms with Crippen molar-refractivity contribution < 1.29 is 4.74 Å². The van der Waals surface area contributed by atoms with E-state index in [0.29, 0.717) is 6.42 Å². The van der Waals surface area contributed by atoms with Crippen LogP contribution >= 0.6 is 0 Å². The summed E-state index contributed by atoms with van der Waals surface area (Å²) >= 11 is 0. The minimum Gasteiger partial charge on any atom is -0.488 e. The Hall–Kier alpha value is -1.57. The molecule has 0 unspecified atom stereocenters. The number of nitrogens with one attached hydrogen (secondary N) is 1. The minimum absolute atomic E-state index is 0.179. The SMILES string of the molecule is CC(C)(CCN1CCNCC1)Oc1ccc(CC#N)cc1. The van der Waals surface area contributed by atoms with E-state index in [1.165, 1.54) is 0 Å². The number of rotatable bonds is 6. The summed E-state index contributed by atoms with van der Waals surface area (Å²) in [6, 6.07) is 10.00. The molecule has 0 amide bonds. The van der Waals surface area contributed by atoms with Gasteiger partial charge in [-0.1, -0.05) is 12.1 Å². The van der Waals surface area contributed by atoms with E-state index >= 15 is 0 Å². The van der Waals surface area contributed by atoms with Crippen molar-refractivity contribution in [2.24, 2.45) is 0 Å². The maximum absolute atomic E-state index is 8.68. The Bertz CT molecular complexity index is 470. The first-order chi connectivity index (χ1) is 10.1. The van der Waals surface area contributed by atoms with Crippen LogP contribution in [-0.4, -0.2) is 43.2 Å². The molecule has 21 heavy (non-hydrogen) atoms. The molecule has 1 aromatic rings. The zero-order valence-corrected chi connectivity index (χ0v) is 13.1. The maximum atomic E-state index is 8.68. The highest BCUT2D eigenvalue weighted by Crippen LogP contribution is 2.22. The van der Waals surface area contributed by atoms with Crippen molar-refractivity contribution in [2.45, 2.75) is 32.3 Å². The van der Waals surface area contributed by atoms with Gasteiger partial charge in [0.05, 0.1) is 12.5 Å². The van der Waals surface area contributed by atoms with Crippen LogP contribution in [0.5, 0.6) is 5.75 Å². The molecule has 1 fully saturated rings. The summed E-state index contributed by atoms with van der Waals surface area (Å²) in [7, 11) is 0. The lowest BCUT2D eigenvalue weighted by Crippen LogP contribution is -2.45. The smallest absolute Gasteiger partial charge is 0.120 e. The topological polar surface area (TPSA) is 48.3 Å². The lowest BCUT2D eigenvalue weighted by molar-refractivity contribution is 0.0809. The van der Waals surface area contributed by atoms with Gasteiger partial charge in [-0.3, -0.25) is 0 Å². The fourth-order valence-electron chi connectivity index (χ4n) is 2.50. The third-order valence-electron chi connectivity index (χ3n) is 3.84. The Morgan fingerprint density at radius 2 is 1.90 bits per heavy atom. The van der Waals surface area contributed by atoms with Gasteiger partial charge >= 0.3 is 0 Å². The number of benzene rings is 1. The van der Waals surface area contributed by atoms with Crippen LogP contribution in [0, 0.1) is 11.3 Å². The molecule has 2 rings (SSSR count). The Morgan fingerprint density at radius 1 is 1.24 bits per heavy atom. The van der Waals surface area contributed by atoms with Gasteiger partial charge in [0.1, 0.15) is 11.4 Å². The summed E-state index contributed by atoms with van der Waals surface area (Å²) in [5, 5.41) is 12.1. The zero-order valence-electron chi connectivity index (χ0n) is 13.1. The number of nitriles is 1. The molecule has 0 aromatic heterocycles. The van der Waals surface area contributed by atoms with Gasteiger partial charge in [-0.25, -0.2) is 0 Å². The second-order valence-corrected chi connectivity index (χ2v) is 6.18. The van der Waals surface area contributed by atoms with E-state index in [4.69, 9.17) is 10.00 Å². The van der Waals surface area contributed by atoms with Gasteiger partial charge in [-0.15, -0.1) is 0 Å². The van der Waals surface area contributed by atoms with Crippen molar-refractivity contribution in [3.63, 3.8) is 0 Å². The van der Waals surface area contributed by atoms with Crippen molar-refractivity contribution >= 4 is 0 Å². The number of nitrogens with zero attached hydrogens (tertiary/aromatic N) is 2. The standard InChI is InChI=1S/C17H25N3O/c1-17(2,8-12-20-13-10-19-11-14-20)21-16-5-3-15(4-6-16)7-9-18/h3-6,19H,7-8,10-14H2,1-2H3. The molecule has 0 spiro atoms. The highest BCUT2D eigenvalue weighted by molar-refractivity contribution is 5.29. The summed E-state index contributed by atoms with van der Waals surface area (Å²) in [6.45, 7) is 9.76. The van der Waals surface area contributed by atoms with E-state index in [1.807, 2.05) is 24.3 Å². The molecular weight excluding hydrogens is 262 g/mol. The van der Waals surface area contributed by atoms with Gasteiger partial charge in [0.2, 0.25) is 0 Å². The lowest BCUT2D eigenvalue weighted by Gasteiger charge is -2.32. The molecule has 1 aromatic carbocycles. The van der Waals surface area contributed by atoms with Crippen LogP contribution in [-0.2, 0) is 6.42 Å². The quantitative estimate of drug-likeness (QED) is 0.871. The van der Waals surface area contributed by atoms with E-state index in [9.17, 15) is 0 Å². The van der Waals surface area contributed by atoms with Crippen LogP contribution in [0.2, 0.25) is 0 Å². The Labute approximate surface area is 127 Å². The molecular formula is C17H25N3O. The normalized spacial score (nSPS) is 16.4. The van der Waals surface area contributed by atoms with Crippen LogP contribution in [0.25, 0.3) is 0 Å². The van der Waals surface area contributed by atoms with Crippen LogP contribution in [0.4, 0.5) is 0 Å². The molecule has 114 valence electrons. The number of ether oxygens (including phenoxy) is 1. The van der Waals surface area contributed by atoms with E-state index in [0.717, 1.165) is 50.5 Å². The highest BCUT2D eigenvalue weighted by Gasteiger charge is 2.21. The van der Waals surface area contributed by atoms with Crippen molar-refractivity contribution in [2.75, 3.05) is 32.7 Å². The van der Waals surface area contributed by atoms with E-state index < -0.39 is 0 Å². The van der Waals surface area contributed by atoms with E-state index in [2.05, 4.69) is 30.1 Å². The molecule has 4 nitrogen and oxygen atoms in total. The average Bonchev–Trinajstić information content (AvgIpc) is 2.48. The zero-order chi connectivity index (χ0) is 15.1. The Morgan fingerprint density at radius 3 is 2.52 bits per heavy atom. The third-order valence-corrected chi connectivity index (χ3v) is 3.84. The number of piperazine rings is 1. The van der Waals surface area contributed by atoms with Gasteiger partial charge < -0.3 is 15.0 Å². The maximum Gasteiger partial charge on any atom is 0.120 e. The molecule has 1 aliphatic heterocycles. The molecule has 0 bridgehead atoms. The molecule has 0 aliphatic carbocycles. The molecule has 0 saturated carbocycles. The fourth-order valence-corrected chi connectivity index (χ4v) is 2.50. The molecule has 1 N–H and O–H groups in total. The first kappa shape index (κ1) is 15.8. The van der Waals surface area contributed by atoms with Crippen LogP contribution in [0.15, 0.2) is 24.3 Å². The third kappa shape index (κ3) is 5.37. The first-order valence-corrected chi connectivity index (χ1v) is 7.67. The predicted octanol–water partition coefficient (Wildman–Crippen LogP) is 2.21. The lowest BCUT2D eigenvalue weighted by atomic mass is 10.0. The first-order valence-electron chi connectivity index (χ1n) is 7.67. The van der Waals surface area contributed by atoms with Gasteiger partial charge in [-0.2, -0.15) is 5.26 Å². The van der Waals surface area contributed by atoms with Crippen molar-refractivity contribution in [3.8, 4) is 11.8 Å². The summed E-state index contributed by atoms with van der Waals surface area (Å²) in [5.74, 6) is 0.877.